The van der Waals surface area contributed by atoms with E-state index in [-0.39, 0.29) is 11.9 Å². The first-order valence-electron chi connectivity index (χ1n) is 5.68. The first kappa shape index (κ1) is 13.1. The summed E-state index contributed by atoms with van der Waals surface area (Å²) < 4.78 is 13.2. The predicted octanol–water partition coefficient (Wildman–Crippen LogP) is 2.61. The molecule has 2 unspecified atom stereocenters. The molecule has 3 N–H and O–H groups in total. The summed E-state index contributed by atoms with van der Waals surface area (Å²) in [6.07, 6.45) is 1.84. The van der Waals surface area contributed by atoms with E-state index in [4.69, 9.17) is 17.4 Å². The van der Waals surface area contributed by atoms with Crippen molar-refractivity contribution in [1.82, 2.24) is 5.43 Å². The van der Waals surface area contributed by atoms with E-state index in [1.165, 1.54) is 17.9 Å². The number of halogens is 2. The molecule has 1 aliphatic heterocycles. The Labute approximate surface area is 110 Å². The van der Waals surface area contributed by atoms with Crippen molar-refractivity contribution in [1.29, 1.82) is 0 Å². The van der Waals surface area contributed by atoms with Crippen LogP contribution in [0.25, 0.3) is 0 Å². The number of rotatable bonds is 4. The Bertz CT molecular complexity index is 383. The standard InChI is InChI=1S/C12H16ClFN2S/c13-11-2-1-10(14)5-9(11)6-12(16-15)8-3-4-17-7-8/h1-2,5,8,12,16H,3-4,6-7,15H2. The van der Waals surface area contributed by atoms with Crippen molar-refractivity contribution in [3.63, 3.8) is 0 Å². The van der Waals surface area contributed by atoms with Gasteiger partial charge in [-0.1, -0.05) is 11.6 Å². The van der Waals surface area contributed by atoms with Gasteiger partial charge in [-0.15, -0.1) is 0 Å². The topological polar surface area (TPSA) is 38.0 Å². The van der Waals surface area contributed by atoms with E-state index in [0.29, 0.717) is 17.4 Å². The summed E-state index contributed by atoms with van der Waals surface area (Å²) in [6, 6.07) is 4.64. The highest BCUT2D eigenvalue weighted by Gasteiger charge is 2.25. The van der Waals surface area contributed by atoms with Crippen LogP contribution in [-0.2, 0) is 6.42 Å². The maximum Gasteiger partial charge on any atom is 0.123 e. The summed E-state index contributed by atoms with van der Waals surface area (Å²) in [5.74, 6) is 8.18. The fourth-order valence-electron chi connectivity index (χ4n) is 2.17. The molecule has 0 spiro atoms. The average molecular weight is 275 g/mol. The molecule has 5 heteroatoms. The third-order valence-electron chi connectivity index (χ3n) is 3.20. The molecule has 2 atom stereocenters. The zero-order valence-electron chi connectivity index (χ0n) is 9.46. The van der Waals surface area contributed by atoms with Gasteiger partial charge in [-0.25, -0.2) is 4.39 Å². The summed E-state index contributed by atoms with van der Waals surface area (Å²) in [7, 11) is 0. The lowest BCUT2D eigenvalue weighted by Gasteiger charge is -2.22. The Morgan fingerprint density at radius 2 is 2.41 bits per heavy atom. The van der Waals surface area contributed by atoms with Gasteiger partial charge in [0.1, 0.15) is 5.82 Å². The minimum atomic E-state index is -0.249. The maximum absolute atomic E-state index is 13.2. The molecule has 94 valence electrons. The van der Waals surface area contributed by atoms with Gasteiger partial charge in [-0.2, -0.15) is 11.8 Å². The second-order valence-electron chi connectivity index (χ2n) is 4.34. The van der Waals surface area contributed by atoms with Gasteiger partial charge in [-0.05, 0) is 54.0 Å². The monoisotopic (exact) mass is 274 g/mol. The lowest BCUT2D eigenvalue weighted by Crippen LogP contribution is -2.42. The molecule has 2 nitrogen and oxygen atoms in total. The van der Waals surface area contributed by atoms with E-state index < -0.39 is 0 Å². The van der Waals surface area contributed by atoms with Crippen LogP contribution in [0.1, 0.15) is 12.0 Å². The highest BCUT2D eigenvalue weighted by Crippen LogP contribution is 2.29. The van der Waals surface area contributed by atoms with E-state index in [2.05, 4.69) is 5.43 Å². The summed E-state index contributed by atoms with van der Waals surface area (Å²) in [5.41, 5.74) is 3.67. The summed E-state index contributed by atoms with van der Waals surface area (Å²) in [5, 5.41) is 0.609. The van der Waals surface area contributed by atoms with Crippen molar-refractivity contribution in [2.24, 2.45) is 11.8 Å². The first-order valence-corrected chi connectivity index (χ1v) is 7.21. The van der Waals surface area contributed by atoms with Crippen LogP contribution >= 0.6 is 23.4 Å². The Morgan fingerprint density at radius 1 is 1.59 bits per heavy atom. The number of benzene rings is 1. The zero-order valence-corrected chi connectivity index (χ0v) is 11.0. The van der Waals surface area contributed by atoms with Crippen molar-refractivity contribution in [3.8, 4) is 0 Å². The number of hydrazine groups is 1. The molecule has 0 aliphatic carbocycles. The van der Waals surface area contributed by atoms with Crippen LogP contribution in [-0.4, -0.2) is 17.5 Å². The first-order chi connectivity index (χ1) is 8.20. The van der Waals surface area contributed by atoms with E-state index >= 15 is 0 Å². The van der Waals surface area contributed by atoms with Gasteiger partial charge in [-0.3, -0.25) is 11.3 Å². The lowest BCUT2D eigenvalue weighted by atomic mass is 9.93. The van der Waals surface area contributed by atoms with E-state index in [9.17, 15) is 4.39 Å². The summed E-state index contributed by atoms with van der Waals surface area (Å²) in [6.45, 7) is 0. The van der Waals surface area contributed by atoms with Crippen LogP contribution in [0.2, 0.25) is 5.02 Å². The van der Waals surface area contributed by atoms with Crippen LogP contribution in [0.5, 0.6) is 0 Å². The predicted molar refractivity (Wildman–Crippen MR) is 71.7 cm³/mol. The van der Waals surface area contributed by atoms with Crippen molar-refractivity contribution in [2.75, 3.05) is 11.5 Å². The minimum Gasteiger partial charge on any atom is -0.271 e. The number of nitrogens with one attached hydrogen (secondary N) is 1. The minimum absolute atomic E-state index is 0.171. The molecule has 1 heterocycles. The Kier molecular flexibility index (Phi) is 4.68. The van der Waals surface area contributed by atoms with Crippen LogP contribution in [0.15, 0.2) is 18.2 Å². The van der Waals surface area contributed by atoms with Crippen LogP contribution in [0, 0.1) is 11.7 Å². The van der Waals surface area contributed by atoms with E-state index in [1.54, 1.807) is 6.07 Å². The molecule has 1 fully saturated rings. The molecular formula is C12H16ClFN2S. The molecule has 1 saturated heterocycles. The largest absolute Gasteiger partial charge is 0.271 e. The molecule has 0 aromatic heterocycles. The quantitative estimate of drug-likeness (QED) is 0.655. The van der Waals surface area contributed by atoms with Crippen LogP contribution < -0.4 is 11.3 Å². The number of hydrogen-bond donors (Lipinski definition) is 2. The highest BCUT2D eigenvalue weighted by molar-refractivity contribution is 7.99. The summed E-state index contributed by atoms with van der Waals surface area (Å²) >= 11 is 8.00. The second-order valence-corrected chi connectivity index (χ2v) is 5.89. The van der Waals surface area contributed by atoms with Crippen molar-refractivity contribution in [3.05, 3.63) is 34.6 Å². The SMILES string of the molecule is NNC(Cc1cc(F)ccc1Cl)C1CCSC1. The van der Waals surface area contributed by atoms with Gasteiger partial charge in [0.05, 0.1) is 0 Å². The van der Waals surface area contributed by atoms with Gasteiger partial charge in [0.25, 0.3) is 0 Å². The van der Waals surface area contributed by atoms with Crippen molar-refractivity contribution in [2.45, 2.75) is 18.9 Å². The number of thioether (sulfide) groups is 1. The van der Waals surface area contributed by atoms with Gasteiger partial charge in [0.2, 0.25) is 0 Å². The molecule has 0 radical (unpaired) electrons. The third kappa shape index (κ3) is 3.35. The summed E-state index contributed by atoms with van der Waals surface area (Å²) in [4.78, 5) is 0. The maximum atomic E-state index is 13.2. The fourth-order valence-corrected chi connectivity index (χ4v) is 3.70. The van der Waals surface area contributed by atoms with Crippen molar-refractivity contribution >= 4 is 23.4 Å². The Morgan fingerprint density at radius 3 is 3.06 bits per heavy atom. The molecule has 0 amide bonds. The van der Waals surface area contributed by atoms with Crippen molar-refractivity contribution < 1.29 is 4.39 Å². The molecule has 2 rings (SSSR count). The van der Waals surface area contributed by atoms with E-state index in [0.717, 1.165) is 17.7 Å². The third-order valence-corrected chi connectivity index (χ3v) is 4.75. The van der Waals surface area contributed by atoms with Gasteiger partial charge in [0, 0.05) is 11.1 Å². The van der Waals surface area contributed by atoms with Gasteiger partial charge >= 0.3 is 0 Å². The Balaban J connectivity index is 2.09. The molecule has 1 aromatic rings. The average Bonchev–Trinajstić information content (AvgIpc) is 2.84. The highest BCUT2D eigenvalue weighted by atomic mass is 35.5. The number of nitrogens with two attached hydrogens (primary N) is 1. The molecule has 17 heavy (non-hydrogen) atoms. The second kappa shape index (κ2) is 6.05. The molecule has 1 aromatic carbocycles. The Hall–Kier alpha value is -0.290. The van der Waals surface area contributed by atoms with E-state index in [1.807, 2.05) is 11.8 Å². The molecule has 1 aliphatic rings. The van der Waals surface area contributed by atoms with Crippen LogP contribution in [0.3, 0.4) is 0 Å². The molecule has 0 saturated carbocycles. The fraction of sp³-hybridized carbons (Fsp3) is 0.500. The van der Waals surface area contributed by atoms with Gasteiger partial charge in [0.15, 0.2) is 0 Å². The van der Waals surface area contributed by atoms with Gasteiger partial charge < -0.3 is 0 Å². The molecule has 0 bridgehead atoms. The number of hydrogen-bond acceptors (Lipinski definition) is 3. The molecular weight excluding hydrogens is 259 g/mol. The lowest BCUT2D eigenvalue weighted by molar-refractivity contribution is 0.385. The van der Waals surface area contributed by atoms with Crippen LogP contribution in [0.4, 0.5) is 4.39 Å². The zero-order chi connectivity index (χ0) is 12.3. The smallest absolute Gasteiger partial charge is 0.123 e. The normalized spacial score (nSPS) is 21.7.